The van der Waals surface area contributed by atoms with Crippen LogP contribution in [-0.4, -0.2) is 43.9 Å². The van der Waals surface area contributed by atoms with E-state index in [0.29, 0.717) is 5.56 Å². The van der Waals surface area contributed by atoms with Crippen LogP contribution in [0.4, 0.5) is 30.7 Å². The Morgan fingerprint density at radius 3 is 1.68 bits per heavy atom. The van der Waals surface area contributed by atoms with Crippen LogP contribution >= 0.6 is 0 Å². The second kappa shape index (κ2) is 18.5. The van der Waals surface area contributed by atoms with Gasteiger partial charge < -0.3 is 29.7 Å². The summed E-state index contributed by atoms with van der Waals surface area (Å²) in [6.07, 6.45) is -11.1. The van der Waals surface area contributed by atoms with Crippen molar-refractivity contribution in [3.63, 3.8) is 0 Å². The molecule has 2 amide bonds. The minimum absolute atomic E-state index is 0.0751. The van der Waals surface area contributed by atoms with Gasteiger partial charge in [0.1, 0.15) is 11.6 Å². The molecule has 19 heteroatoms. The average Bonchev–Trinajstić information content (AvgIpc) is 3.83. The monoisotopic (exact) mass is 840 g/mol. The number of oxazole rings is 2. The number of rotatable bonds is 12. The molecule has 4 N–H and O–H groups in total. The molecule has 6 aromatic rings. The van der Waals surface area contributed by atoms with Gasteiger partial charge in [0.05, 0.1) is 30.5 Å². The summed E-state index contributed by atoms with van der Waals surface area (Å²) in [6, 6.07) is 22.9. The number of hydrogen-bond donors (Lipinski definition) is 4. The molecule has 2 atom stereocenters. The maximum Gasteiger partial charge on any atom is 0.452 e. The molecule has 0 radical (unpaired) electrons. The molecule has 0 bridgehead atoms. The fraction of sp³-hybridized carbons (Fsp3) is 0.171. The maximum atomic E-state index is 13.5. The van der Waals surface area contributed by atoms with E-state index >= 15 is 0 Å². The Bertz CT molecular complexity index is 2470. The Kier molecular flexibility index (Phi) is 13.5. The van der Waals surface area contributed by atoms with Crippen LogP contribution in [0.1, 0.15) is 74.1 Å². The number of hydrogen-bond acceptors (Lipinski definition) is 8. The number of amides is 2. The van der Waals surface area contributed by atoms with Gasteiger partial charge in [-0.15, -0.1) is 0 Å². The van der Waals surface area contributed by atoms with Crippen LogP contribution in [0.3, 0.4) is 0 Å². The number of benzene rings is 4. The lowest BCUT2D eigenvalue weighted by Gasteiger charge is -2.21. The average molecular weight is 841 g/mol. The first-order valence-corrected chi connectivity index (χ1v) is 17.4. The molecule has 0 saturated carbocycles. The first kappa shape index (κ1) is 43.8. The number of carbonyl (C=O) groups is 4. The van der Waals surface area contributed by atoms with E-state index < -0.39 is 89.8 Å². The van der Waals surface area contributed by atoms with Crippen LogP contribution < -0.4 is 10.6 Å². The molecule has 0 fully saturated rings. The van der Waals surface area contributed by atoms with Gasteiger partial charge in [-0.1, -0.05) is 66.7 Å². The van der Waals surface area contributed by atoms with Crippen molar-refractivity contribution >= 4 is 23.8 Å². The van der Waals surface area contributed by atoms with Gasteiger partial charge in [0.25, 0.3) is 11.8 Å². The van der Waals surface area contributed by atoms with Gasteiger partial charge in [0, 0.05) is 11.1 Å². The largest absolute Gasteiger partial charge is 0.481 e. The number of carboxylic acids is 2. The van der Waals surface area contributed by atoms with Crippen molar-refractivity contribution in [3.05, 3.63) is 155 Å². The zero-order valence-electron chi connectivity index (χ0n) is 30.8. The predicted octanol–water partition coefficient (Wildman–Crippen LogP) is 9.06. The standard InChI is InChI=1S/C21H17F3N2O4.C20H14F4N2O4/c1-12-18(26-20(30-12)13-7-3-2-4-8-13)19(29)25-16(11-17(27)28)14-9-5-6-10-15(14)21(22,23)24;21-13-8-4-7-12(9-13)14(10-15(27)28)25-18(29)16-17(20(22,23)24)30-19(26-16)11-5-2-1-3-6-11/h2-10,16H,11H2,1H3,(H,25,29)(H,27,28);1-9,14H,10H2,(H,25,29)(H,27,28)/t16-;14-/m00/s1. The molecule has 4 aromatic carbocycles. The highest BCUT2D eigenvalue weighted by Crippen LogP contribution is 2.37. The fourth-order valence-corrected chi connectivity index (χ4v) is 5.76. The first-order valence-electron chi connectivity index (χ1n) is 17.4. The molecule has 0 saturated heterocycles. The summed E-state index contributed by atoms with van der Waals surface area (Å²) < 4.78 is 104. The lowest BCUT2D eigenvalue weighted by Crippen LogP contribution is -2.32. The van der Waals surface area contributed by atoms with E-state index in [1.165, 1.54) is 43.3 Å². The summed E-state index contributed by atoms with van der Waals surface area (Å²) in [5.74, 6) is -7.25. The van der Waals surface area contributed by atoms with E-state index in [4.69, 9.17) is 19.0 Å². The van der Waals surface area contributed by atoms with Crippen LogP contribution in [0.2, 0.25) is 0 Å². The minimum atomic E-state index is -5.02. The molecule has 6 rings (SSSR count). The number of nitrogens with zero attached hydrogens (tertiary/aromatic N) is 2. The summed E-state index contributed by atoms with van der Waals surface area (Å²) in [6.45, 7) is 1.49. The molecule has 12 nitrogen and oxygen atoms in total. The van der Waals surface area contributed by atoms with Gasteiger partial charge in [-0.3, -0.25) is 19.2 Å². The molecule has 0 aliphatic carbocycles. The minimum Gasteiger partial charge on any atom is -0.481 e. The molecule has 0 spiro atoms. The number of aliphatic carboxylic acids is 2. The highest BCUT2D eigenvalue weighted by atomic mass is 19.4. The Morgan fingerprint density at radius 2 is 1.13 bits per heavy atom. The van der Waals surface area contributed by atoms with Crippen molar-refractivity contribution in [1.82, 2.24) is 20.6 Å². The quantitative estimate of drug-likeness (QED) is 0.0867. The molecule has 0 aliphatic rings. The number of halogens is 7. The Labute approximate surface area is 334 Å². The lowest BCUT2D eigenvalue weighted by atomic mass is 9.97. The van der Waals surface area contributed by atoms with Crippen molar-refractivity contribution in [3.8, 4) is 22.9 Å². The van der Waals surface area contributed by atoms with E-state index in [-0.39, 0.29) is 34.0 Å². The van der Waals surface area contributed by atoms with Crippen molar-refractivity contribution < 1.29 is 69.0 Å². The smallest absolute Gasteiger partial charge is 0.452 e. The second-order valence-electron chi connectivity index (χ2n) is 12.7. The third-order valence-electron chi connectivity index (χ3n) is 8.41. The van der Waals surface area contributed by atoms with E-state index in [0.717, 1.165) is 24.3 Å². The van der Waals surface area contributed by atoms with Crippen LogP contribution in [0, 0.1) is 12.7 Å². The zero-order chi connectivity index (χ0) is 43.8. The van der Waals surface area contributed by atoms with Crippen molar-refractivity contribution in [2.75, 3.05) is 0 Å². The maximum absolute atomic E-state index is 13.5. The van der Waals surface area contributed by atoms with E-state index in [1.54, 1.807) is 48.5 Å². The fourth-order valence-electron chi connectivity index (χ4n) is 5.76. The van der Waals surface area contributed by atoms with Crippen molar-refractivity contribution in [1.29, 1.82) is 0 Å². The van der Waals surface area contributed by atoms with Gasteiger partial charge in [0.15, 0.2) is 11.4 Å². The van der Waals surface area contributed by atoms with Gasteiger partial charge in [-0.05, 0) is 60.5 Å². The Hall–Kier alpha value is -7.31. The normalized spacial score (nSPS) is 12.4. The number of aryl methyl sites for hydroxylation is 1. The summed E-state index contributed by atoms with van der Waals surface area (Å²) >= 11 is 0. The van der Waals surface area contributed by atoms with Crippen LogP contribution in [0.5, 0.6) is 0 Å². The molecular weight excluding hydrogens is 809 g/mol. The zero-order valence-corrected chi connectivity index (χ0v) is 30.8. The van der Waals surface area contributed by atoms with Crippen LogP contribution in [0.25, 0.3) is 22.9 Å². The third-order valence-corrected chi connectivity index (χ3v) is 8.41. The van der Waals surface area contributed by atoms with Crippen molar-refractivity contribution in [2.45, 2.75) is 44.2 Å². The van der Waals surface area contributed by atoms with Crippen molar-refractivity contribution in [2.24, 2.45) is 0 Å². The molecular formula is C41H31F7N4O8. The predicted molar refractivity (Wildman–Crippen MR) is 196 cm³/mol. The molecule has 0 unspecified atom stereocenters. The lowest BCUT2D eigenvalue weighted by molar-refractivity contribution is -0.153. The van der Waals surface area contributed by atoms with Crippen LogP contribution in [0.15, 0.2) is 118 Å². The molecule has 0 aliphatic heterocycles. The summed E-state index contributed by atoms with van der Waals surface area (Å²) in [5, 5.41) is 22.8. The Morgan fingerprint density at radius 1 is 0.633 bits per heavy atom. The topological polar surface area (TPSA) is 185 Å². The number of nitrogens with one attached hydrogen (secondary N) is 2. The SMILES string of the molecule is Cc1oc(-c2ccccc2)nc1C(=O)N[C@@H](CC(=O)O)c1ccccc1C(F)(F)F.O=C(O)C[C@H](NC(=O)c1nc(-c2ccccc2)oc1C(F)(F)F)c1cccc(F)c1. The molecule has 312 valence electrons. The second-order valence-corrected chi connectivity index (χ2v) is 12.7. The highest BCUT2D eigenvalue weighted by molar-refractivity contribution is 5.95. The Balaban J connectivity index is 0.000000228. The summed E-state index contributed by atoms with van der Waals surface area (Å²) in [4.78, 5) is 55.5. The summed E-state index contributed by atoms with van der Waals surface area (Å²) in [5.41, 5.74) is -1.63. The van der Waals surface area contributed by atoms with E-state index in [2.05, 4.69) is 20.6 Å². The van der Waals surface area contributed by atoms with Gasteiger partial charge in [0.2, 0.25) is 17.5 Å². The molecule has 2 aromatic heterocycles. The van der Waals surface area contributed by atoms with Gasteiger partial charge in [-0.25, -0.2) is 14.4 Å². The van der Waals surface area contributed by atoms with Crippen LogP contribution in [-0.2, 0) is 21.9 Å². The molecule has 2 heterocycles. The molecule has 60 heavy (non-hydrogen) atoms. The summed E-state index contributed by atoms with van der Waals surface area (Å²) in [7, 11) is 0. The highest BCUT2D eigenvalue weighted by Gasteiger charge is 2.42. The van der Waals surface area contributed by atoms with E-state index in [9.17, 15) is 49.9 Å². The van der Waals surface area contributed by atoms with Gasteiger partial charge >= 0.3 is 24.3 Å². The number of carbonyl (C=O) groups excluding carboxylic acids is 2. The first-order chi connectivity index (χ1) is 28.3. The van der Waals surface area contributed by atoms with E-state index in [1.807, 2.05) is 0 Å². The number of aromatic nitrogens is 2. The number of carboxylic acid groups (broad SMARTS) is 2. The van der Waals surface area contributed by atoms with Gasteiger partial charge in [-0.2, -0.15) is 26.3 Å². The third kappa shape index (κ3) is 11.2. The number of alkyl halides is 6.